The van der Waals surface area contributed by atoms with E-state index in [0.717, 1.165) is 0 Å². The van der Waals surface area contributed by atoms with Crippen LogP contribution in [0.4, 0.5) is 5.82 Å². The van der Waals surface area contributed by atoms with Crippen LogP contribution in [-0.4, -0.2) is 24.9 Å². The highest BCUT2D eigenvalue weighted by molar-refractivity contribution is 5.50. The van der Waals surface area contributed by atoms with Crippen LogP contribution in [0.1, 0.15) is 5.69 Å². The van der Waals surface area contributed by atoms with Gasteiger partial charge in [-0.1, -0.05) is 6.07 Å². The van der Waals surface area contributed by atoms with Gasteiger partial charge in [0.15, 0.2) is 5.82 Å². The van der Waals surface area contributed by atoms with Crippen molar-refractivity contribution in [2.75, 3.05) is 0 Å². The molecule has 0 aromatic carbocycles. The standard InChI is InChI=1S/C15H11N5O3/c1-10-9-13(19-14(18-10)11-5-2-3-7-16-11)23-12-6-4-8-17-15(12)20(21)22/h2-9H,1H3. The van der Waals surface area contributed by atoms with E-state index in [1.165, 1.54) is 12.3 Å². The molecule has 23 heavy (non-hydrogen) atoms. The number of ether oxygens (including phenoxy) is 1. The van der Waals surface area contributed by atoms with E-state index in [2.05, 4.69) is 19.9 Å². The molecular formula is C15H11N5O3. The van der Waals surface area contributed by atoms with Crippen LogP contribution in [0.5, 0.6) is 11.6 Å². The number of rotatable bonds is 4. The van der Waals surface area contributed by atoms with Gasteiger partial charge >= 0.3 is 5.82 Å². The molecule has 0 radical (unpaired) electrons. The number of nitrogens with zero attached hydrogens (tertiary/aromatic N) is 5. The van der Waals surface area contributed by atoms with Crippen molar-refractivity contribution >= 4 is 5.82 Å². The van der Waals surface area contributed by atoms with Crippen molar-refractivity contribution < 1.29 is 9.66 Å². The molecule has 0 unspecified atom stereocenters. The zero-order chi connectivity index (χ0) is 16.2. The van der Waals surface area contributed by atoms with Gasteiger partial charge in [-0.05, 0) is 41.1 Å². The van der Waals surface area contributed by atoms with Gasteiger partial charge in [0.25, 0.3) is 0 Å². The molecule has 0 atom stereocenters. The molecule has 3 aromatic rings. The van der Waals surface area contributed by atoms with Crippen LogP contribution in [-0.2, 0) is 0 Å². The fourth-order valence-electron chi connectivity index (χ4n) is 1.91. The molecule has 0 saturated carbocycles. The lowest BCUT2D eigenvalue weighted by atomic mass is 10.3. The van der Waals surface area contributed by atoms with Gasteiger partial charge in [-0.15, -0.1) is 0 Å². The number of nitro groups is 1. The van der Waals surface area contributed by atoms with E-state index in [0.29, 0.717) is 17.2 Å². The third kappa shape index (κ3) is 3.26. The molecule has 0 saturated heterocycles. The van der Waals surface area contributed by atoms with Crippen LogP contribution in [0.2, 0.25) is 0 Å². The fraction of sp³-hybridized carbons (Fsp3) is 0.0667. The Morgan fingerprint density at radius 3 is 2.65 bits per heavy atom. The minimum absolute atomic E-state index is 0.0163. The third-order valence-electron chi connectivity index (χ3n) is 2.86. The minimum Gasteiger partial charge on any atom is -0.430 e. The maximum atomic E-state index is 11.0. The SMILES string of the molecule is Cc1cc(Oc2cccnc2[N+](=O)[O-])nc(-c2ccccn2)n1. The lowest BCUT2D eigenvalue weighted by molar-refractivity contribution is -0.390. The highest BCUT2D eigenvalue weighted by Crippen LogP contribution is 2.28. The van der Waals surface area contributed by atoms with Crippen molar-refractivity contribution in [3.05, 3.63) is 64.6 Å². The Kier molecular flexibility index (Phi) is 3.88. The van der Waals surface area contributed by atoms with Gasteiger partial charge < -0.3 is 14.9 Å². The van der Waals surface area contributed by atoms with E-state index in [1.54, 1.807) is 37.4 Å². The van der Waals surface area contributed by atoms with Gasteiger partial charge in [-0.3, -0.25) is 4.98 Å². The number of hydrogen-bond acceptors (Lipinski definition) is 7. The molecule has 3 rings (SSSR count). The van der Waals surface area contributed by atoms with Crippen LogP contribution in [0, 0.1) is 17.0 Å². The largest absolute Gasteiger partial charge is 0.430 e. The summed E-state index contributed by atoms with van der Waals surface area (Å²) >= 11 is 0. The summed E-state index contributed by atoms with van der Waals surface area (Å²) in [6.45, 7) is 1.78. The van der Waals surface area contributed by atoms with Crippen LogP contribution < -0.4 is 4.74 Å². The molecule has 0 amide bonds. The number of hydrogen-bond donors (Lipinski definition) is 0. The monoisotopic (exact) mass is 309 g/mol. The first-order valence-electron chi connectivity index (χ1n) is 6.68. The first kappa shape index (κ1) is 14.5. The maximum Gasteiger partial charge on any atom is 0.406 e. The van der Waals surface area contributed by atoms with E-state index in [1.807, 2.05) is 6.07 Å². The van der Waals surface area contributed by atoms with Crippen molar-refractivity contribution in [2.24, 2.45) is 0 Å². The number of pyridine rings is 2. The Bertz CT molecular complexity index is 855. The molecule has 0 aliphatic carbocycles. The zero-order valence-electron chi connectivity index (χ0n) is 12.1. The summed E-state index contributed by atoms with van der Waals surface area (Å²) in [5.74, 6) is 0.215. The van der Waals surface area contributed by atoms with Crippen LogP contribution in [0.15, 0.2) is 48.8 Å². The predicted octanol–water partition coefficient (Wildman–Crippen LogP) is 2.94. The van der Waals surface area contributed by atoms with Crippen molar-refractivity contribution in [2.45, 2.75) is 6.92 Å². The normalized spacial score (nSPS) is 10.3. The molecule has 0 aliphatic heterocycles. The van der Waals surface area contributed by atoms with Crippen LogP contribution >= 0.6 is 0 Å². The average molecular weight is 309 g/mol. The Hall–Kier alpha value is -3.42. The quantitative estimate of drug-likeness (QED) is 0.539. The molecule has 8 nitrogen and oxygen atoms in total. The first-order chi connectivity index (χ1) is 11.1. The van der Waals surface area contributed by atoms with Gasteiger partial charge in [0.2, 0.25) is 11.6 Å². The topological polar surface area (TPSA) is 104 Å². The molecule has 0 N–H and O–H groups in total. The lowest BCUT2D eigenvalue weighted by Gasteiger charge is -2.07. The van der Waals surface area contributed by atoms with Crippen molar-refractivity contribution in [1.82, 2.24) is 19.9 Å². The van der Waals surface area contributed by atoms with Crippen molar-refractivity contribution in [3.63, 3.8) is 0 Å². The Labute approximate surface area is 131 Å². The highest BCUT2D eigenvalue weighted by Gasteiger charge is 2.17. The Balaban J connectivity index is 1.99. The second kappa shape index (κ2) is 6.14. The Morgan fingerprint density at radius 1 is 1.09 bits per heavy atom. The molecule has 3 heterocycles. The molecule has 0 bridgehead atoms. The lowest BCUT2D eigenvalue weighted by Crippen LogP contribution is -1.99. The minimum atomic E-state index is -0.608. The molecule has 8 heteroatoms. The van der Waals surface area contributed by atoms with Gasteiger partial charge in [0.05, 0.1) is 0 Å². The summed E-state index contributed by atoms with van der Waals surface area (Å²) in [7, 11) is 0. The molecule has 3 aromatic heterocycles. The molecule has 0 aliphatic rings. The van der Waals surface area contributed by atoms with E-state index in [-0.39, 0.29) is 17.4 Å². The summed E-state index contributed by atoms with van der Waals surface area (Å²) in [6.07, 6.45) is 2.96. The van der Waals surface area contributed by atoms with Crippen molar-refractivity contribution in [3.8, 4) is 23.1 Å². The second-order valence-corrected chi connectivity index (χ2v) is 4.57. The van der Waals surface area contributed by atoms with E-state index in [9.17, 15) is 10.1 Å². The number of aryl methyl sites for hydroxylation is 1. The smallest absolute Gasteiger partial charge is 0.406 e. The van der Waals surface area contributed by atoms with E-state index in [4.69, 9.17) is 4.74 Å². The van der Waals surface area contributed by atoms with Crippen LogP contribution in [0.25, 0.3) is 11.5 Å². The maximum absolute atomic E-state index is 11.0. The fourth-order valence-corrected chi connectivity index (χ4v) is 1.91. The van der Waals surface area contributed by atoms with Gasteiger partial charge in [0.1, 0.15) is 11.9 Å². The van der Waals surface area contributed by atoms with Crippen molar-refractivity contribution in [1.29, 1.82) is 0 Å². The molecule has 0 fully saturated rings. The average Bonchev–Trinajstić information content (AvgIpc) is 2.55. The molecular weight excluding hydrogens is 298 g/mol. The third-order valence-corrected chi connectivity index (χ3v) is 2.86. The summed E-state index contributed by atoms with van der Waals surface area (Å²) in [4.78, 5) is 26.8. The summed E-state index contributed by atoms with van der Waals surface area (Å²) < 4.78 is 5.53. The predicted molar refractivity (Wildman–Crippen MR) is 81.0 cm³/mol. The van der Waals surface area contributed by atoms with Gasteiger partial charge in [0, 0.05) is 18.0 Å². The highest BCUT2D eigenvalue weighted by atomic mass is 16.6. The van der Waals surface area contributed by atoms with Gasteiger partial charge in [-0.25, -0.2) is 4.98 Å². The second-order valence-electron chi connectivity index (χ2n) is 4.57. The molecule has 0 spiro atoms. The summed E-state index contributed by atoms with van der Waals surface area (Å²) in [5, 5.41) is 11.0. The first-order valence-corrected chi connectivity index (χ1v) is 6.68. The Morgan fingerprint density at radius 2 is 1.91 bits per heavy atom. The van der Waals surface area contributed by atoms with E-state index >= 15 is 0 Å². The van der Waals surface area contributed by atoms with E-state index < -0.39 is 4.92 Å². The summed E-state index contributed by atoms with van der Waals surface area (Å²) in [6, 6.07) is 9.98. The summed E-state index contributed by atoms with van der Waals surface area (Å²) in [5.41, 5.74) is 1.24. The zero-order valence-corrected chi connectivity index (χ0v) is 12.1. The number of aromatic nitrogens is 4. The van der Waals surface area contributed by atoms with Crippen LogP contribution in [0.3, 0.4) is 0 Å². The molecule has 114 valence electrons. The van der Waals surface area contributed by atoms with Gasteiger partial charge in [-0.2, -0.15) is 4.98 Å².